The van der Waals surface area contributed by atoms with Gasteiger partial charge in [0.25, 0.3) is 0 Å². The van der Waals surface area contributed by atoms with Gasteiger partial charge in [0.15, 0.2) is 0 Å². The van der Waals surface area contributed by atoms with Gasteiger partial charge in [-0.2, -0.15) is 0 Å². The van der Waals surface area contributed by atoms with Crippen molar-refractivity contribution < 1.29 is 19.5 Å². The number of carboxylic acids is 1. The van der Waals surface area contributed by atoms with Crippen LogP contribution in [0.3, 0.4) is 0 Å². The van der Waals surface area contributed by atoms with Crippen LogP contribution in [0.25, 0.3) is 0 Å². The van der Waals surface area contributed by atoms with E-state index in [1.165, 1.54) is 0 Å². The number of carbonyl (C=O) groups is 3. The van der Waals surface area contributed by atoms with E-state index in [0.29, 0.717) is 37.1 Å². The Morgan fingerprint density at radius 3 is 2.08 bits per heavy atom. The number of hydrogen-bond acceptors (Lipinski definition) is 3. The van der Waals surface area contributed by atoms with Gasteiger partial charge >= 0.3 is 5.97 Å². The summed E-state index contributed by atoms with van der Waals surface area (Å²) >= 11 is 0. The molecule has 0 aliphatic heterocycles. The molecule has 1 aromatic rings. The average Bonchev–Trinajstić information content (AvgIpc) is 2.55. The van der Waals surface area contributed by atoms with Crippen molar-refractivity contribution in [2.45, 2.75) is 39.5 Å². The van der Waals surface area contributed by atoms with Gasteiger partial charge in [0.2, 0.25) is 11.8 Å². The van der Waals surface area contributed by atoms with Gasteiger partial charge in [-0.25, -0.2) is 0 Å². The Morgan fingerprint density at radius 2 is 1.54 bits per heavy atom. The zero-order valence-corrected chi connectivity index (χ0v) is 14.0. The second kappa shape index (κ2) is 7.95. The number of amides is 2. The Morgan fingerprint density at radius 1 is 1.00 bits per heavy atom. The van der Waals surface area contributed by atoms with Gasteiger partial charge in [0.1, 0.15) is 0 Å². The van der Waals surface area contributed by atoms with E-state index < -0.39 is 5.97 Å². The summed E-state index contributed by atoms with van der Waals surface area (Å²) in [6.07, 6.45) is 2.26. The van der Waals surface area contributed by atoms with Crippen LogP contribution in [0.4, 0.5) is 11.4 Å². The molecule has 6 heteroatoms. The van der Waals surface area contributed by atoms with E-state index in [0.717, 1.165) is 0 Å². The molecule has 1 aliphatic rings. The molecule has 130 valence electrons. The van der Waals surface area contributed by atoms with Crippen molar-refractivity contribution >= 4 is 29.2 Å². The summed E-state index contributed by atoms with van der Waals surface area (Å²) in [4.78, 5) is 35.0. The van der Waals surface area contributed by atoms with Gasteiger partial charge in [-0.05, 0) is 43.9 Å². The molecule has 6 nitrogen and oxygen atoms in total. The molecule has 1 aliphatic carbocycles. The van der Waals surface area contributed by atoms with Gasteiger partial charge in [-0.15, -0.1) is 0 Å². The first-order chi connectivity index (χ1) is 11.4. The first-order valence-corrected chi connectivity index (χ1v) is 8.31. The molecule has 24 heavy (non-hydrogen) atoms. The second-order valence-electron chi connectivity index (χ2n) is 6.60. The maximum Gasteiger partial charge on any atom is 0.306 e. The summed E-state index contributed by atoms with van der Waals surface area (Å²) in [6, 6.07) is 7.04. The Kier molecular flexibility index (Phi) is 5.95. The van der Waals surface area contributed by atoms with Crippen molar-refractivity contribution in [1.29, 1.82) is 0 Å². The number of benzene rings is 1. The SMILES string of the molecule is CC(C)C(=O)Nc1cccc(NC(=O)C2CCC(C(=O)O)CC2)c1. The molecule has 2 rings (SSSR count). The van der Waals surface area contributed by atoms with Crippen LogP contribution in [0.15, 0.2) is 24.3 Å². The van der Waals surface area contributed by atoms with Gasteiger partial charge in [0.05, 0.1) is 5.92 Å². The highest BCUT2D eigenvalue weighted by Gasteiger charge is 2.29. The molecule has 1 saturated carbocycles. The smallest absolute Gasteiger partial charge is 0.306 e. The van der Waals surface area contributed by atoms with Crippen LogP contribution < -0.4 is 10.6 Å². The van der Waals surface area contributed by atoms with Crippen LogP contribution in [-0.4, -0.2) is 22.9 Å². The fraction of sp³-hybridized carbons (Fsp3) is 0.500. The quantitative estimate of drug-likeness (QED) is 0.772. The van der Waals surface area contributed by atoms with Crippen molar-refractivity contribution in [3.8, 4) is 0 Å². The molecule has 0 unspecified atom stereocenters. The Balaban J connectivity index is 1.92. The third kappa shape index (κ3) is 4.81. The topological polar surface area (TPSA) is 95.5 Å². The second-order valence-corrected chi connectivity index (χ2v) is 6.60. The van der Waals surface area contributed by atoms with E-state index >= 15 is 0 Å². The third-order valence-corrected chi connectivity index (χ3v) is 4.37. The van der Waals surface area contributed by atoms with Crippen molar-refractivity contribution in [2.24, 2.45) is 17.8 Å². The number of rotatable bonds is 5. The molecule has 0 saturated heterocycles. The highest BCUT2D eigenvalue weighted by molar-refractivity contribution is 5.95. The minimum Gasteiger partial charge on any atom is -0.481 e. The highest BCUT2D eigenvalue weighted by atomic mass is 16.4. The summed E-state index contributed by atoms with van der Waals surface area (Å²) in [7, 11) is 0. The van der Waals surface area contributed by atoms with Crippen LogP contribution in [0.2, 0.25) is 0 Å². The normalized spacial score (nSPS) is 20.5. The van der Waals surface area contributed by atoms with E-state index in [2.05, 4.69) is 10.6 Å². The molecule has 0 aromatic heterocycles. The maximum absolute atomic E-state index is 12.3. The van der Waals surface area contributed by atoms with E-state index in [1.807, 2.05) is 13.8 Å². The van der Waals surface area contributed by atoms with Gasteiger partial charge in [-0.3, -0.25) is 14.4 Å². The predicted molar refractivity (Wildman–Crippen MR) is 91.6 cm³/mol. The Labute approximate surface area is 141 Å². The molecule has 1 fully saturated rings. The number of nitrogens with one attached hydrogen (secondary N) is 2. The minimum absolute atomic E-state index is 0.0783. The van der Waals surface area contributed by atoms with E-state index in [-0.39, 0.29) is 29.6 Å². The highest BCUT2D eigenvalue weighted by Crippen LogP contribution is 2.30. The summed E-state index contributed by atoms with van der Waals surface area (Å²) in [5.74, 6) is -1.55. The van der Waals surface area contributed by atoms with E-state index in [9.17, 15) is 14.4 Å². The number of aliphatic carboxylic acids is 1. The van der Waals surface area contributed by atoms with E-state index in [1.54, 1.807) is 24.3 Å². The van der Waals surface area contributed by atoms with Crippen LogP contribution in [0, 0.1) is 17.8 Å². The fourth-order valence-electron chi connectivity index (χ4n) is 2.81. The number of carboxylic acid groups (broad SMARTS) is 1. The lowest BCUT2D eigenvalue weighted by Crippen LogP contribution is -2.29. The molecule has 2 amide bonds. The van der Waals surface area contributed by atoms with Crippen LogP contribution in [0.1, 0.15) is 39.5 Å². The first-order valence-electron chi connectivity index (χ1n) is 8.31. The molecular weight excluding hydrogens is 308 g/mol. The molecule has 1 aromatic carbocycles. The standard InChI is InChI=1S/C18H24N2O4/c1-11(2)16(21)19-14-4-3-5-15(10-14)20-17(22)12-6-8-13(9-7-12)18(23)24/h3-5,10-13H,6-9H2,1-2H3,(H,19,21)(H,20,22)(H,23,24). The summed E-state index contributed by atoms with van der Waals surface area (Å²) in [5.41, 5.74) is 1.27. The molecule has 3 N–H and O–H groups in total. The predicted octanol–water partition coefficient (Wildman–Crippen LogP) is 3.11. The Hall–Kier alpha value is -2.37. The molecule has 0 bridgehead atoms. The number of hydrogen-bond donors (Lipinski definition) is 3. The van der Waals surface area contributed by atoms with Crippen LogP contribution in [-0.2, 0) is 14.4 Å². The molecular formula is C18H24N2O4. The van der Waals surface area contributed by atoms with Gasteiger partial charge in [-0.1, -0.05) is 19.9 Å². The van der Waals surface area contributed by atoms with Crippen molar-refractivity contribution in [3.05, 3.63) is 24.3 Å². The number of carbonyl (C=O) groups excluding carboxylic acids is 2. The van der Waals surface area contributed by atoms with Gasteiger partial charge < -0.3 is 15.7 Å². The first kappa shape index (κ1) is 18.0. The largest absolute Gasteiger partial charge is 0.481 e. The lowest BCUT2D eigenvalue weighted by atomic mass is 9.81. The van der Waals surface area contributed by atoms with Crippen molar-refractivity contribution in [1.82, 2.24) is 0 Å². The van der Waals surface area contributed by atoms with Crippen molar-refractivity contribution in [2.75, 3.05) is 10.6 Å². The monoisotopic (exact) mass is 332 g/mol. The summed E-state index contributed by atoms with van der Waals surface area (Å²) in [6.45, 7) is 3.63. The third-order valence-electron chi connectivity index (χ3n) is 4.37. The number of anilines is 2. The summed E-state index contributed by atoms with van der Waals surface area (Å²) in [5, 5.41) is 14.7. The molecule has 0 heterocycles. The molecule has 0 radical (unpaired) electrons. The van der Waals surface area contributed by atoms with Crippen LogP contribution in [0.5, 0.6) is 0 Å². The minimum atomic E-state index is -0.776. The zero-order chi connectivity index (χ0) is 17.7. The zero-order valence-electron chi connectivity index (χ0n) is 14.0. The lowest BCUT2D eigenvalue weighted by molar-refractivity contribution is -0.143. The van der Waals surface area contributed by atoms with Gasteiger partial charge in [0, 0.05) is 23.2 Å². The van der Waals surface area contributed by atoms with Crippen molar-refractivity contribution in [3.63, 3.8) is 0 Å². The summed E-state index contributed by atoms with van der Waals surface area (Å²) < 4.78 is 0. The molecule has 0 spiro atoms. The maximum atomic E-state index is 12.3. The molecule has 0 atom stereocenters. The lowest BCUT2D eigenvalue weighted by Gasteiger charge is -2.25. The van der Waals surface area contributed by atoms with E-state index in [4.69, 9.17) is 5.11 Å². The Bertz CT molecular complexity index is 619. The fourth-order valence-corrected chi connectivity index (χ4v) is 2.81. The average molecular weight is 332 g/mol. The van der Waals surface area contributed by atoms with Crippen LogP contribution >= 0.6 is 0 Å².